The van der Waals surface area contributed by atoms with E-state index in [9.17, 15) is 4.79 Å². The minimum absolute atomic E-state index is 0.110. The molecule has 1 fully saturated rings. The fourth-order valence-electron chi connectivity index (χ4n) is 2.48. The van der Waals surface area contributed by atoms with Gasteiger partial charge in [0, 0.05) is 18.5 Å². The molecule has 0 aliphatic heterocycles. The maximum absolute atomic E-state index is 12.0. The highest BCUT2D eigenvalue weighted by atomic mass is 16.2. The highest BCUT2D eigenvalue weighted by Gasteiger charge is 2.39. The smallest absolute Gasteiger partial charge is 0.236 e. The Morgan fingerprint density at radius 3 is 2.60 bits per heavy atom. The van der Waals surface area contributed by atoms with E-state index in [2.05, 4.69) is 48.7 Å². The Morgan fingerprint density at radius 2 is 1.95 bits per heavy atom. The third kappa shape index (κ3) is 4.34. The van der Waals surface area contributed by atoms with E-state index in [1.807, 2.05) is 13.0 Å². The van der Waals surface area contributed by atoms with Crippen molar-refractivity contribution in [1.29, 1.82) is 0 Å². The molecule has 1 aliphatic rings. The lowest BCUT2D eigenvalue weighted by molar-refractivity contribution is -0.122. The average molecular weight is 274 g/mol. The Kier molecular flexibility index (Phi) is 5.18. The summed E-state index contributed by atoms with van der Waals surface area (Å²) < 4.78 is 0. The Labute approximate surface area is 122 Å². The molecule has 110 valence electrons. The van der Waals surface area contributed by atoms with Gasteiger partial charge in [0.25, 0.3) is 0 Å². The van der Waals surface area contributed by atoms with Gasteiger partial charge in [-0.15, -0.1) is 0 Å². The molecule has 1 saturated carbocycles. The number of nitrogens with one attached hydrogen (secondary N) is 2. The summed E-state index contributed by atoms with van der Waals surface area (Å²) in [5, 5.41) is 6.43. The summed E-state index contributed by atoms with van der Waals surface area (Å²) in [6.07, 6.45) is 2.17. The highest BCUT2D eigenvalue weighted by Crippen LogP contribution is 2.40. The zero-order chi connectivity index (χ0) is 14.5. The molecule has 0 radical (unpaired) electrons. The Morgan fingerprint density at radius 1 is 1.25 bits per heavy atom. The lowest BCUT2D eigenvalue weighted by Gasteiger charge is -2.14. The first-order valence-electron chi connectivity index (χ1n) is 7.66. The second-order valence-corrected chi connectivity index (χ2v) is 6.22. The van der Waals surface area contributed by atoms with Gasteiger partial charge in [-0.1, -0.05) is 44.2 Å². The number of hydrogen-bond acceptors (Lipinski definition) is 2. The average Bonchev–Trinajstić information content (AvgIpc) is 3.18. The molecule has 2 rings (SSSR count). The van der Waals surface area contributed by atoms with Crippen LogP contribution in [-0.4, -0.2) is 24.5 Å². The molecular weight excluding hydrogens is 248 g/mol. The van der Waals surface area contributed by atoms with Crippen molar-refractivity contribution >= 4 is 5.91 Å². The predicted octanol–water partition coefficient (Wildman–Crippen LogP) is 2.68. The molecule has 3 heteroatoms. The SMILES string of the molecule is CC(C)CCNC(=O)C(C)NC1CC1c1ccccc1. The van der Waals surface area contributed by atoms with Crippen LogP contribution in [0.3, 0.4) is 0 Å². The number of carbonyl (C=O) groups is 1. The topological polar surface area (TPSA) is 41.1 Å². The van der Waals surface area contributed by atoms with Crippen molar-refractivity contribution in [2.45, 2.75) is 51.6 Å². The van der Waals surface area contributed by atoms with Gasteiger partial charge < -0.3 is 10.6 Å². The van der Waals surface area contributed by atoms with Gasteiger partial charge >= 0.3 is 0 Å². The molecule has 0 spiro atoms. The van der Waals surface area contributed by atoms with Gasteiger partial charge in [-0.05, 0) is 31.2 Å². The summed E-state index contributed by atoms with van der Waals surface area (Å²) in [6, 6.07) is 10.9. The van der Waals surface area contributed by atoms with E-state index in [1.165, 1.54) is 5.56 Å². The van der Waals surface area contributed by atoms with Crippen LogP contribution in [0.5, 0.6) is 0 Å². The minimum Gasteiger partial charge on any atom is -0.355 e. The Hall–Kier alpha value is -1.35. The zero-order valence-electron chi connectivity index (χ0n) is 12.7. The van der Waals surface area contributed by atoms with Gasteiger partial charge in [-0.25, -0.2) is 0 Å². The number of rotatable bonds is 7. The summed E-state index contributed by atoms with van der Waals surface area (Å²) in [6.45, 7) is 7.06. The van der Waals surface area contributed by atoms with Gasteiger partial charge in [0.05, 0.1) is 6.04 Å². The van der Waals surface area contributed by atoms with E-state index in [4.69, 9.17) is 0 Å². The van der Waals surface area contributed by atoms with E-state index >= 15 is 0 Å². The van der Waals surface area contributed by atoms with Gasteiger partial charge in [-0.3, -0.25) is 4.79 Å². The van der Waals surface area contributed by atoms with Gasteiger partial charge in [0.15, 0.2) is 0 Å². The number of benzene rings is 1. The van der Waals surface area contributed by atoms with Crippen molar-refractivity contribution in [3.05, 3.63) is 35.9 Å². The van der Waals surface area contributed by atoms with Crippen LogP contribution < -0.4 is 10.6 Å². The van der Waals surface area contributed by atoms with Crippen LogP contribution in [0.1, 0.15) is 45.1 Å². The molecule has 0 aromatic heterocycles. The largest absolute Gasteiger partial charge is 0.355 e. The van der Waals surface area contributed by atoms with E-state index in [0.29, 0.717) is 17.9 Å². The van der Waals surface area contributed by atoms with Crippen LogP contribution in [0.4, 0.5) is 0 Å². The van der Waals surface area contributed by atoms with Gasteiger partial charge in [0.1, 0.15) is 0 Å². The van der Waals surface area contributed by atoms with Gasteiger partial charge in [0.2, 0.25) is 5.91 Å². The maximum atomic E-state index is 12.0. The van der Waals surface area contributed by atoms with Crippen LogP contribution in [0, 0.1) is 5.92 Å². The lowest BCUT2D eigenvalue weighted by atomic mass is 10.1. The minimum atomic E-state index is -0.110. The first kappa shape index (κ1) is 15.0. The van der Waals surface area contributed by atoms with Crippen molar-refractivity contribution < 1.29 is 4.79 Å². The lowest BCUT2D eigenvalue weighted by Crippen LogP contribution is -2.43. The summed E-state index contributed by atoms with van der Waals surface area (Å²) in [4.78, 5) is 12.0. The summed E-state index contributed by atoms with van der Waals surface area (Å²) in [7, 11) is 0. The van der Waals surface area contributed by atoms with Crippen molar-refractivity contribution in [3.8, 4) is 0 Å². The van der Waals surface area contributed by atoms with E-state index in [-0.39, 0.29) is 11.9 Å². The molecule has 1 amide bonds. The number of carbonyl (C=O) groups excluding carboxylic acids is 1. The Bertz CT molecular complexity index is 430. The van der Waals surface area contributed by atoms with Crippen LogP contribution >= 0.6 is 0 Å². The molecule has 1 aromatic carbocycles. The second-order valence-electron chi connectivity index (χ2n) is 6.22. The molecule has 0 bridgehead atoms. The summed E-state index contributed by atoms with van der Waals surface area (Å²) >= 11 is 0. The monoisotopic (exact) mass is 274 g/mol. The second kappa shape index (κ2) is 6.89. The molecule has 3 nitrogen and oxygen atoms in total. The molecule has 0 heterocycles. The summed E-state index contributed by atoms with van der Waals surface area (Å²) in [5.74, 6) is 1.32. The summed E-state index contributed by atoms with van der Waals surface area (Å²) in [5.41, 5.74) is 1.37. The molecular formula is C17H26N2O. The molecule has 3 unspecified atom stereocenters. The molecule has 2 N–H and O–H groups in total. The highest BCUT2D eigenvalue weighted by molar-refractivity contribution is 5.81. The number of amides is 1. The third-order valence-electron chi connectivity index (χ3n) is 3.90. The normalized spacial score (nSPS) is 22.6. The van der Waals surface area contributed by atoms with Crippen molar-refractivity contribution in [3.63, 3.8) is 0 Å². The molecule has 0 saturated heterocycles. The van der Waals surface area contributed by atoms with Crippen LogP contribution in [0.15, 0.2) is 30.3 Å². The van der Waals surface area contributed by atoms with E-state index in [1.54, 1.807) is 0 Å². The maximum Gasteiger partial charge on any atom is 0.236 e. The third-order valence-corrected chi connectivity index (χ3v) is 3.90. The van der Waals surface area contributed by atoms with E-state index in [0.717, 1.165) is 19.4 Å². The van der Waals surface area contributed by atoms with Crippen molar-refractivity contribution in [2.24, 2.45) is 5.92 Å². The quantitative estimate of drug-likeness (QED) is 0.802. The Balaban J connectivity index is 1.71. The van der Waals surface area contributed by atoms with E-state index < -0.39 is 0 Å². The predicted molar refractivity (Wildman–Crippen MR) is 82.7 cm³/mol. The number of hydrogen-bond donors (Lipinski definition) is 2. The molecule has 3 atom stereocenters. The van der Waals surface area contributed by atoms with Crippen molar-refractivity contribution in [2.75, 3.05) is 6.54 Å². The first-order valence-corrected chi connectivity index (χ1v) is 7.66. The zero-order valence-corrected chi connectivity index (χ0v) is 12.7. The van der Waals surface area contributed by atoms with Crippen LogP contribution in [0.2, 0.25) is 0 Å². The standard InChI is InChI=1S/C17H26N2O/c1-12(2)9-10-18-17(20)13(3)19-16-11-15(16)14-7-5-4-6-8-14/h4-8,12-13,15-16,19H,9-11H2,1-3H3,(H,18,20). The van der Waals surface area contributed by atoms with Crippen LogP contribution in [0.25, 0.3) is 0 Å². The van der Waals surface area contributed by atoms with Crippen LogP contribution in [-0.2, 0) is 4.79 Å². The molecule has 1 aromatic rings. The first-order chi connectivity index (χ1) is 9.58. The fraction of sp³-hybridized carbons (Fsp3) is 0.588. The molecule has 20 heavy (non-hydrogen) atoms. The van der Waals surface area contributed by atoms with Gasteiger partial charge in [-0.2, -0.15) is 0 Å². The fourth-order valence-corrected chi connectivity index (χ4v) is 2.48. The molecule has 1 aliphatic carbocycles. The van der Waals surface area contributed by atoms with Crippen molar-refractivity contribution in [1.82, 2.24) is 10.6 Å².